The summed E-state index contributed by atoms with van der Waals surface area (Å²) in [6.07, 6.45) is 0.0326. The zero-order valence-electron chi connectivity index (χ0n) is 10.7. The number of rotatable bonds is 3. The van der Waals surface area contributed by atoms with Gasteiger partial charge in [0, 0.05) is 19.0 Å². The molecule has 1 aliphatic heterocycles. The number of esters is 1. The molecule has 1 atom stereocenters. The molecule has 0 aromatic heterocycles. The SMILES string of the molecule is COC(=O)C1CC(=O)N(c2ccc(N)c([N+](=O)[O-])c2)C1. The van der Waals surface area contributed by atoms with Crippen molar-refractivity contribution < 1.29 is 19.2 Å². The van der Waals surface area contributed by atoms with E-state index >= 15 is 0 Å². The first-order valence-electron chi connectivity index (χ1n) is 5.86. The summed E-state index contributed by atoms with van der Waals surface area (Å²) in [6.45, 7) is 0.145. The highest BCUT2D eigenvalue weighted by Crippen LogP contribution is 2.31. The lowest BCUT2D eigenvalue weighted by Crippen LogP contribution is -2.26. The average Bonchev–Trinajstić information content (AvgIpc) is 2.80. The number of nitro benzene ring substituents is 1. The Bertz CT molecular complexity index is 586. The fourth-order valence-corrected chi connectivity index (χ4v) is 2.14. The van der Waals surface area contributed by atoms with Gasteiger partial charge in [0.1, 0.15) is 5.69 Å². The van der Waals surface area contributed by atoms with E-state index in [0.29, 0.717) is 5.69 Å². The molecule has 0 saturated carbocycles. The van der Waals surface area contributed by atoms with Crippen molar-refractivity contribution in [2.75, 3.05) is 24.3 Å². The van der Waals surface area contributed by atoms with E-state index in [1.54, 1.807) is 0 Å². The average molecular weight is 279 g/mol. The number of hydrogen-bond donors (Lipinski definition) is 1. The second-order valence-electron chi connectivity index (χ2n) is 4.43. The third-order valence-electron chi connectivity index (χ3n) is 3.18. The highest BCUT2D eigenvalue weighted by Gasteiger charge is 2.36. The molecule has 1 fully saturated rings. The van der Waals surface area contributed by atoms with Crippen molar-refractivity contribution >= 4 is 28.9 Å². The van der Waals surface area contributed by atoms with E-state index in [4.69, 9.17) is 5.73 Å². The number of nitrogens with two attached hydrogens (primary N) is 1. The predicted molar refractivity (Wildman–Crippen MR) is 70.0 cm³/mol. The standard InChI is InChI=1S/C12H13N3O5/c1-20-12(17)7-4-11(16)14(6-7)8-2-3-9(13)10(5-8)15(18)19/h2-3,5,7H,4,6,13H2,1H3. The van der Waals surface area contributed by atoms with Crippen molar-refractivity contribution in [3.63, 3.8) is 0 Å². The summed E-state index contributed by atoms with van der Waals surface area (Å²) in [7, 11) is 1.25. The maximum Gasteiger partial charge on any atom is 0.311 e. The van der Waals surface area contributed by atoms with Gasteiger partial charge in [-0.2, -0.15) is 0 Å². The number of nitrogen functional groups attached to an aromatic ring is 1. The Labute approximate surface area is 114 Å². The van der Waals surface area contributed by atoms with Crippen LogP contribution in [-0.4, -0.2) is 30.5 Å². The number of benzene rings is 1. The van der Waals surface area contributed by atoms with Gasteiger partial charge in [0.15, 0.2) is 0 Å². The van der Waals surface area contributed by atoms with E-state index in [2.05, 4.69) is 4.74 Å². The molecule has 2 rings (SSSR count). The van der Waals surface area contributed by atoms with Gasteiger partial charge in [0.05, 0.1) is 23.6 Å². The molecule has 8 nitrogen and oxygen atoms in total. The monoisotopic (exact) mass is 279 g/mol. The van der Waals surface area contributed by atoms with Crippen LogP contribution < -0.4 is 10.6 Å². The summed E-state index contributed by atoms with van der Waals surface area (Å²) in [6, 6.07) is 4.11. The van der Waals surface area contributed by atoms with Crippen molar-refractivity contribution in [2.45, 2.75) is 6.42 Å². The maximum absolute atomic E-state index is 11.9. The number of methoxy groups -OCH3 is 1. The Hall–Kier alpha value is -2.64. The summed E-state index contributed by atoms with van der Waals surface area (Å²) in [5.41, 5.74) is 5.61. The number of nitro groups is 1. The minimum atomic E-state index is -0.614. The van der Waals surface area contributed by atoms with E-state index < -0.39 is 16.8 Å². The van der Waals surface area contributed by atoms with Gasteiger partial charge < -0.3 is 15.4 Å². The van der Waals surface area contributed by atoms with Gasteiger partial charge in [-0.15, -0.1) is 0 Å². The number of nitrogens with zero attached hydrogens (tertiary/aromatic N) is 2. The zero-order valence-corrected chi connectivity index (χ0v) is 10.7. The van der Waals surface area contributed by atoms with Crippen LogP contribution in [0.1, 0.15) is 6.42 Å². The Balaban J connectivity index is 2.28. The van der Waals surface area contributed by atoms with Gasteiger partial charge in [-0.3, -0.25) is 19.7 Å². The molecule has 1 aliphatic rings. The molecule has 0 aliphatic carbocycles. The van der Waals surface area contributed by atoms with Crippen LogP contribution in [0.15, 0.2) is 18.2 Å². The lowest BCUT2D eigenvalue weighted by Gasteiger charge is -2.16. The molecule has 106 valence electrons. The van der Waals surface area contributed by atoms with Gasteiger partial charge in [0.2, 0.25) is 5.91 Å². The molecule has 1 aromatic rings. The van der Waals surface area contributed by atoms with Crippen molar-refractivity contribution in [3.05, 3.63) is 28.3 Å². The van der Waals surface area contributed by atoms with E-state index in [-0.39, 0.29) is 30.2 Å². The summed E-state index contributed by atoms with van der Waals surface area (Å²) in [5.74, 6) is -1.30. The molecule has 1 unspecified atom stereocenters. The normalized spacial score (nSPS) is 18.1. The summed E-state index contributed by atoms with van der Waals surface area (Å²) in [4.78, 5) is 34.9. The largest absolute Gasteiger partial charge is 0.469 e. The second-order valence-corrected chi connectivity index (χ2v) is 4.43. The lowest BCUT2D eigenvalue weighted by atomic mass is 10.1. The van der Waals surface area contributed by atoms with Crippen molar-refractivity contribution in [3.8, 4) is 0 Å². The van der Waals surface area contributed by atoms with Gasteiger partial charge in [-0.25, -0.2) is 0 Å². The molecule has 1 aromatic carbocycles. The topological polar surface area (TPSA) is 116 Å². The Kier molecular flexibility index (Phi) is 3.55. The third kappa shape index (κ3) is 2.40. The van der Waals surface area contributed by atoms with Crippen LogP contribution in [-0.2, 0) is 14.3 Å². The molecular weight excluding hydrogens is 266 g/mol. The van der Waals surface area contributed by atoms with Crippen LogP contribution in [0.25, 0.3) is 0 Å². The number of carbonyl (C=O) groups excluding carboxylic acids is 2. The van der Waals surface area contributed by atoms with Gasteiger partial charge in [-0.1, -0.05) is 0 Å². The maximum atomic E-state index is 11.9. The zero-order chi connectivity index (χ0) is 14.9. The molecule has 20 heavy (non-hydrogen) atoms. The molecule has 1 heterocycles. The summed E-state index contributed by atoms with van der Waals surface area (Å²) in [5, 5.41) is 10.8. The highest BCUT2D eigenvalue weighted by molar-refractivity contribution is 5.99. The van der Waals surface area contributed by atoms with Crippen LogP contribution in [0.3, 0.4) is 0 Å². The molecule has 0 spiro atoms. The lowest BCUT2D eigenvalue weighted by molar-refractivity contribution is -0.383. The number of anilines is 2. The minimum Gasteiger partial charge on any atom is -0.469 e. The highest BCUT2D eigenvalue weighted by atomic mass is 16.6. The molecule has 1 amide bonds. The molecule has 0 radical (unpaired) electrons. The molecule has 0 bridgehead atoms. The van der Waals surface area contributed by atoms with E-state index in [0.717, 1.165) is 0 Å². The van der Waals surface area contributed by atoms with E-state index in [1.807, 2.05) is 0 Å². The van der Waals surface area contributed by atoms with Crippen LogP contribution in [0.5, 0.6) is 0 Å². The summed E-state index contributed by atoms with van der Waals surface area (Å²) >= 11 is 0. The van der Waals surface area contributed by atoms with Crippen molar-refractivity contribution in [1.29, 1.82) is 0 Å². The number of ether oxygens (including phenoxy) is 1. The first-order chi connectivity index (χ1) is 9.43. The first-order valence-corrected chi connectivity index (χ1v) is 5.86. The van der Waals surface area contributed by atoms with Crippen LogP contribution >= 0.6 is 0 Å². The predicted octanol–water partition coefficient (Wildman–Crippen LogP) is 0.703. The first kappa shape index (κ1) is 13.8. The molecule has 2 N–H and O–H groups in total. The Morgan fingerprint density at radius 2 is 2.25 bits per heavy atom. The Morgan fingerprint density at radius 1 is 1.55 bits per heavy atom. The third-order valence-corrected chi connectivity index (χ3v) is 3.18. The quantitative estimate of drug-likeness (QED) is 0.377. The van der Waals surface area contributed by atoms with Crippen molar-refractivity contribution in [1.82, 2.24) is 0 Å². The fourth-order valence-electron chi connectivity index (χ4n) is 2.14. The molecule has 1 saturated heterocycles. The number of hydrogen-bond acceptors (Lipinski definition) is 6. The molecular formula is C12H13N3O5. The van der Waals surface area contributed by atoms with Gasteiger partial charge in [-0.05, 0) is 12.1 Å². The van der Waals surface area contributed by atoms with Crippen molar-refractivity contribution in [2.24, 2.45) is 5.92 Å². The number of amides is 1. The van der Waals surface area contributed by atoms with Gasteiger partial charge >= 0.3 is 5.97 Å². The second kappa shape index (κ2) is 5.16. The van der Waals surface area contributed by atoms with E-state index in [9.17, 15) is 19.7 Å². The van der Waals surface area contributed by atoms with Gasteiger partial charge in [0.25, 0.3) is 5.69 Å². The summed E-state index contributed by atoms with van der Waals surface area (Å²) < 4.78 is 4.60. The minimum absolute atomic E-state index is 0.0231. The smallest absolute Gasteiger partial charge is 0.311 e. The number of carbonyl (C=O) groups is 2. The van der Waals surface area contributed by atoms with Crippen LogP contribution in [0.4, 0.5) is 17.1 Å². The Morgan fingerprint density at radius 3 is 2.85 bits per heavy atom. The van der Waals surface area contributed by atoms with Crippen LogP contribution in [0.2, 0.25) is 0 Å². The van der Waals surface area contributed by atoms with E-state index in [1.165, 1.54) is 30.2 Å². The molecule has 8 heteroatoms. The van der Waals surface area contributed by atoms with Crippen LogP contribution in [0, 0.1) is 16.0 Å². The fraction of sp³-hybridized carbons (Fsp3) is 0.333.